The summed E-state index contributed by atoms with van der Waals surface area (Å²) in [5.74, 6) is -0.445. The van der Waals surface area contributed by atoms with E-state index in [1.54, 1.807) is 32.2 Å². The molecule has 0 aromatic heterocycles. The van der Waals surface area contributed by atoms with E-state index < -0.39 is 17.9 Å². The first kappa shape index (κ1) is 18.4. The molecule has 1 aliphatic carbocycles. The number of anilines is 1. The van der Waals surface area contributed by atoms with Gasteiger partial charge in [-0.15, -0.1) is 0 Å². The molecule has 1 atom stereocenters. The second kappa shape index (κ2) is 8.24. The number of carboxylic acid groups (broad SMARTS) is 1. The highest BCUT2D eigenvalue weighted by Crippen LogP contribution is 2.31. The Morgan fingerprint density at radius 3 is 2.75 bits per heavy atom. The molecule has 1 aromatic rings. The van der Waals surface area contributed by atoms with Gasteiger partial charge in [-0.25, -0.2) is 4.79 Å². The number of urea groups is 1. The van der Waals surface area contributed by atoms with E-state index in [4.69, 9.17) is 21.4 Å². The number of carbonyl (C=O) groups is 2. The summed E-state index contributed by atoms with van der Waals surface area (Å²) in [6.07, 6.45) is 3.58. The lowest BCUT2D eigenvalue weighted by molar-refractivity contribution is -0.141. The third-order valence-corrected chi connectivity index (χ3v) is 4.43. The first-order valence-corrected chi connectivity index (χ1v) is 8.42. The lowest BCUT2D eigenvalue weighted by Gasteiger charge is -2.26. The standard InChI is InChI=1S/C17H23ClN2O4/c1-11(16(21)22)9-20(2)17(23)19-14-8-13(18)6-7-15(14)24-10-12-4-3-5-12/h6-8,11-12H,3-5,9-10H2,1-2H3,(H,19,23)(H,21,22). The van der Waals surface area contributed by atoms with Crippen molar-refractivity contribution >= 4 is 29.3 Å². The summed E-state index contributed by atoms with van der Waals surface area (Å²) in [5.41, 5.74) is 0.488. The van der Waals surface area contributed by atoms with Crippen LogP contribution in [0.4, 0.5) is 10.5 Å². The van der Waals surface area contributed by atoms with Gasteiger partial charge in [0, 0.05) is 18.6 Å². The van der Waals surface area contributed by atoms with Crippen LogP contribution in [0.2, 0.25) is 5.02 Å². The van der Waals surface area contributed by atoms with E-state index in [-0.39, 0.29) is 6.54 Å². The SMILES string of the molecule is CC(CN(C)C(=O)Nc1cc(Cl)ccc1OCC1CCC1)C(=O)O. The number of nitrogens with zero attached hydrogens (tertiary/aromatic N) is 1. The number of aliphatic carboxylic acids is 1. The highest BCUT2D eigenvalue weighted by atomic mass is 35.5. The van der Waals surface area contributed by atoms with Crippen LogP contribution < -0.4 is 10.1 Å². The highest BCUT2D eigenvalue weighted by molar-refractivity contribution is 6.31. The van der Waals surface area contributed by atoms with Crippen molar-refractivity contribution in [2.45, 2.75) is 26.2 Å². The molecule has 0 radical (unpaired) electrons. The Kier molecular flexibility index (Phi) is 6.31. The molecule has 2 amide bonds. The molecule has 6 nitrogen and oxygen atoms in total. The minimum Gasteiger partial charge on any atom is -0.491 e. The molecule has 7 heteroatoms. The number of halogens is 1. The number of carboxylic acids is 1. The van der Waals surface area contributed by atoms with Gasteiger partial charge < -0.3 is 20.1 Å². The zero-order valence-electron chi connectivity index (χ0n) is 13.9. The van der Waals surface area contributed by atoms with E-state index in [0.29, 0.717) is 29.0 Å². The normalized spacial score (nSPS) is 15.3. The molecule has 0 aliphatic heterocycles. The molecule has 2 rings (SSSR count). The van der Waals surface area contributed by atoms with Crippen LogP contribution in [-0.2, 0) is 4.79 Å². The van der Waals surface area contributed by atoms with Crippen molar-refractivity contribution in [3.63, 3.8) is 0 Å². The Morgan fingerprint density at radius 2 is 2.17 bits per heavy atom. The van der Waals surface area contributed by atoms with Gasteiger partial charge >= 0.3 is 12.0 Å². The Morgan fingerprint density at radius 1 is 1.46 bits per heavy atom. The van der Waals surface area contributed by atoms with Gasteiger partial charge in [0.15, 0.2) is 0 Å². The molecule has 1 saturated carbocycles. The second-order valence-electron chi connectivity index (χ2n) is 6.30. The molecule has 1 aliphatic rings. The molecule has 0 spiro atoms. The summed E-state index contributed by atoms with van der Waals surface area (Å²) in [6.45, 7) is 2.29. The Balaban J connectivity index is 1.99. The summed E-state index contributed by atoms with van der Waals surface area (Å²) in [6, 6.07) is 4.67. The van der Waals surface area contributed by atoms with Crippen LogP contribution in [0, 0.1) is 11.8 Å². The van der Waals surface area contributed by atoms with Crippen molar-refractivity contribution in [1.29, 1.82) is 0 Å². The van der Waals surface area contributed by atoms with E-state index in [1.165, 1.54) is 24.2 Å². The lowest BCUT2D eigenvalue weighted by Crippen LogP contribution is -2.36. The van der Waals surface area contributed by atoms with Crippen LogP contribution >= 0.6 is 11.6 Å². The summed E-state index contributed by atoms with van der Waals surface area (Å²) < 4.78 is 5.81. The van der Waals surface area contributed by atoms with E-state index >= 15 is 0 Å². The van der Waals surface area contributed by atoms with Gasteiger partial charge in [-0.05, 0) is 37.0 Å². The highest BCUT2D eigenvalue weighted by Gasteiger charge is 2.20. The largest absolute Gasteiger partial charge is 0.491 e. The van der Waals surface area contributed by atoms with Crippen LogP contribution in [0.3, 0.4) is 0 Å². The Labute approximate surface area is 146 Å². The number of hydrogen-bond donors (Lipinski definition) is 2. The van der Waals surface area contributed by atoms with E-state index in [1.807, 2.05) is 0 Å². The van der Waals surface area contributed by atoms with Crippen LogP contribution in [0.15, 0.2) is 18.2 Å². The lowest BCUT2D eigenvalue weighted by atomic mass is 9.86. The zero-order chi connectivity index (χ0) is 17.7. The summed E-state index contributed by atoms with van der Waals surface area (Å²) >= 11 is 6.01. The second-order valence-corrected chi connectivity index (χ2v) is 6.73. The number of amides is 2. The van der Waals surface area contributed by atoms with Gasteiger partial charge in [0.25, 0.3) is 0 Å². The number of nitrogens with one attached hydrogen (secondary N) is 1. The first-order chi connectivity index (χ1) is 11.4. The fourth-order valence-electron chi connectivity index (χ4n) is 2.38. The predicted molar refractivity (Wildman–Crippen MR) is 92.7 cm³/mol. The number of rotatable bonds is 7. The molecule has 2 N–H and O–H groups in total. The van der Waals surface area contributed by atoms with E-state index in [2.05, 4.69) is 5.32 Å². The monoisotopic (exact) mass is 354 g/mol. The van der Waals surface area contributed by atoms with Gasteiger partial charge in [0.05, 0.1) is 18.2 Å². The van der Waals surface area contributed by atoms with Gasteiger partial charge in [0.1, 0.15) is 5.75 Å². The van der Waals surface area contributed by atoms with Crippen LogP contribution in [0.25, 0.3) is 0 Å². The van der Waals surface area contributed by atoms with Gasteiger partial charge in [-0.1, -0.05) is 24.9 Å². The predicted octanol–water partition coefficient (Wildman–Crippen LogP) is 3.70. The zero-order valence-corrected chi connectivity index (χ0v) is 14.7. The number of carbonyl (C=O) groups excluding carboxylic acids is 1. The molecule has 0 bridgehead atoms. The molecule has 0 saturated heterocycles. The van der Waals surface area contributed by atoms with E-state index in [9.17, 15) is 9.59 Å². The molecule has 24 heavy (non-hydrogen) atoms. The maximum Gasteiger partial charge on any atom is 0.321 e. The first-order valence-electron chi connectivity index (χ1n) is 8.04. The number of benzene rings is 1. The Bertz CT molecular complexity index is 604. The van der Waals surface area contributed by atoms with E-state index in [0.717, 1.165) is 0 Å². The van der Waals surface area contributed by atoms with Gasteiger partial charge in [0.2, 0.25) is 0 Å². The minimum atomic E-state index is -0.943. The van der Waals surface area contributed by atoms with Crippen molar-refractivity contribution < 1.29 is 19.4 Å². The summed E-state index contributed by atoms with van der Waals surface area (Å²) in [5, 5.41) is 12.2. The number of ether oxygens (including phenoxy) is 1. The molecule has 1 fully saturated rings. The fraction of sp³-hybridized carbons (Fsp3) is 0.529. The molecular weight excluding hydrogens is 332 g/mol. The van der Waals surface area contributed by atoms with Crippen LogP contribution in [-0.4, -0.2) is 42.2 Å². The maximum absolute atomic E-state index is 12.3. The maximum atomic E-state index is 12.3. The van der Waals surface area contributed by atoms with Crippen molar-refractivity contribution in [2.24, 2.45) is 11.8 Å². The molecule has 1 unspecified atom stereocenters. The average Bonchev–Trinajstić information content (AvgIpc) is 2.47. The summed E-state index contributed by atoms with van der Waals surface area (Å²) in [7, 11) is 1.55. The summed E-state index contributed by atoms with van der Waals surface area (Å²) in [4.78, 5) is 24.5. The third kappa shape index (κ3) is 5.03. The topological polar surface area (TPSA) is 78.9 Å². The minimum absolute atomic E-state index is 0.111. The Hall–Kier alpha value is -1.95. The average molecular weight is 355 g/mol. The third-order valence-electron chi connectivity index (χ3n) is 4.20. The van der Waals surface area contributed by atoms with Crippen LogP contribution in [0.1, 0.15) is 26.2 Å². The van der Waals surface area contributed by atoms with Crippen molar-refractivity contribution in [2.75, 3.05) is 25.5 Å². The fourth-order valence-corrected chi connectivity index (χ4v) is 2.55. The number of hydrogen-bond acceptors (Lipinski definition) is 3. The van der Waals surface area contributed by atoms with Crippen molar-refractivity contribution in [3.8, 4) is 5.75 Å². The molecular formula is C17H23ClN2O4. The smallest absolute Gasteiger partial charge is 0.321 e. The van der Waals surface area contributed by atoms with Gasteiger partial charge in [-0.3, -0.25) is 4.79 Å². The molecule has 0 heterocycles. The van der Waals surface area contributed by atoms with Gasteiger partial charge in [-0.2, -0.15) is 0 Å². The molecule has 1 aromatic carbocycles. The quantitative estimate of drug-likeness (QED) is 0.782. The van der Waals surface area contributed by atoms with Crippen molar-refractivity contribution in [1.82, 2.24) is 4.90 Å². The van der Waals surface area contributed by atoms with Crippen molar-refractivity contribution in [3.05, 3.63) is 23.2 Å². The molecule has 132 valence electrons. The van der Waals surface area contributed by atoms with Crippen LogP contribution in [0.5, 0.6) is 5.75 Å².